The Hall–Kier alpha value is -4.70. The molecule has 0 saturated heterocycles. The van der Waals surface area contributed by atoms with Crippen molar-refractivity contribution in [2.24, 2.45) is 0 Å². The van der Waals surface area contributed by atoms with Crippen LogP contribution in [-0.4, -0.2) is 21.4 Å². The second kappa shape index (κ2) is 9.62. The number of hydrazine groups is 1. The van der Waals surface area contributed by atoms with Crippen LogP contribution in [0.5, 0.6) is 0 Å². The minimum absolute atomic E-state index is 0.329. The summed E-state index contributed by atoms with van der Waals surface area (Å²) in [5.41, 5.74) is 10.4. The number of amides is 2. The van der Waals surface area contributed by atoms with Crippen molar-refractivity contribution in [3.63, 3.8) is 0 Å². The maximum Gasteiger partial charge on any atom is 0.287 e. The Morgan fingerprint density at radius 1 is 0.939 bits per heavy atom. The summed E-state index contributed by atoms with van der Waals surface area (Å²) in [6.45, 7) is 1.74. The van der Waals surface area contributed by atoms with Crippen molar-refractivity contribution in [3.8, 4) is 28.3 Å². The summed E-state index contributed by atoms with van der Waals surface area (Å²) in [4.78, 5) is 27.3. The molecule has 0 aliphatic carbocycles. The number of imidazole rings is 1. The first kappa shape index (κ1) is 21.5. The number of nitrogens with one attached hydrogen (secondary N) is 2. The van der Waals surface area contributed by atoms with Gasteiger partial charge in [0, 0.05) is 19.0 Å². The molecule has 2 amide bonds. The van der Waals surface area contributed by atoms with Gasteiger partial charge in [0.15, 0.2) is 0 Å². The molecule has 33 heavy (non-hydrogen) atoms. The third-order valence-electron chi connectivity index (χ3n) is 5.16. The Balaban J connectivity index is 1.57. The van der Waals surface area contributed by atoms with Crippen LogP contribution in [0.2, 0.25) is 0 Å². The van der Waals surface area contributed by atoms with Crippen molar-refractivity contribution in [1.29, 1.82) is 5.26 Å². The van der Waals surface area contributed by atoms with Crippen molar-refractivity contribution in [3.05, 3.63) is 102 Å². The van der Waals surface area contributed by atoms with E-state index in [2.05, 4.69) is 21.9 Å². The zero-order valence-corrected chi connectivity index (χ0v) is 17.9. The van der Waals surface area contributed by atoms with Crippen LogP contribution in [0.4, 0.5) is 0 Å². The largest absolute Gasteiger partial charge is 0.322 e. The van der Waals surface area contributed by atoms with E-state index in [9.17, 15) is 14.9 Å². The molecule has 0 atom stereocenters. The van der Waals surface area contributed by atoms with E-state index in [-0.39, 0.29) is 5.91 Å². The number of hydrogen-bond donors (Lipinski definition) is 2. The van der Waals surface area contributed by atoms with Crippen molar-refractivity contribution < 1.29 is 9.59 Å². The van der Waals surface area contributed by atoms with Crippen LogP contribution < -0.4 is 10.9 Å². The standard InChI is InChI=1S/C26H21N5O2/c1-18(32)29-30-26(33)25-15-28-17-31(25)16-19-7-9-21(10-8-19)24-13-22(11-12-23(24)14-27)20-5-3-2-4-6-20/h2-13,15,17H,16H2,1H3,(H,29,32)(H,30,33). The molecular weight excluding hydrogens is 414 g/mol. The summed E-state index contributed by atoms with van der Waals surface area (Å²) in [6.07, 6.45) is 3.01. The van der Waals surface area contributed by atoms with Gasteiger partial charge >= 0.3 is 0 Å². The number of carbonyl (C=O) groups is 2. The van der Waals surface area contributed by atoms with E-state index >= 15 is 0 Å². The maximum absolute atomic E-state index is 12.3. The van der Waals surface area contributed by atoms with Gasteiger partial charge in [0.05, 0.1) is 24.2 Å². The Kier molecular flexibility index (Phi) is 6.28. The SMILES string of the molecule is CC(=O)NNC(=O)c1cncn1Cc1ccc(-c2cc(-c3ccccc3)ccc2C#N)cc1. The second-order valence-corrected chi connectivity index (χ2v) is 7.48. The van der Waals surface area contributed by atoms with Gasteiger partial charge in [-0.05, 0) is 34.4 Å². The Labute approximate surface area is 191 Å². The predicted octanol–water partition coefficient (Wildman–Crippen LogP) is 3.92. The van der Waals surface area contributed by atoms with Crippen molar-refractivity contribution in [2.45, 2.75) is 13.5 Å². The van der Waals surface area contributed by atoms with Gasteiger partial charge in [-0.1, -0.05) is 60.7 Å². The van der Waals surface area contributed by atoms with Gasteiger partial charge in [-0.15, -0.1) is 0 Å². The Bertz CT molecular complexity index is 1340. The minimum Gasteiger partial charge on any atom is -0.322 e. The topological polar surface area (TPSA) is 99.8 Å². The van der Waals surface area contributed by atoms with Crippen molar-refractivity contribution >= 4 is 11.8 Å². The number of carbonyl (C=O) groups excluding carboxylic acids is 2. The van der Waals surface area contributed by atoms with Gasteiger partial charge in [0.1, 0.15) is 5.69 Å². The number of nitriles is 1. The van der Waals surface area contributed by atoms with Crippen LogP contribution in [0.3, 0.4) is 0 Å². The molecular formula is C26H21N5O2. The summed E-state index contributed by atoms with van der Waals surface area (Å²) in [5, 5.41) is 9.60. The fourth-order valence-corrected chi connectivity index (χ4v) is 3.52. The normalized spacial score (nSPS) is 10.3. The zero-order valence-electron chi connectivity index (χ0n) is 17.9. The lowest BCUT2D eigenvalue weighted by molar-refractivity contribution is -0.119. The molecule has 0 saturated carbocycles. The van der Waals surface area contributed by atoms with Crippen LogP contribution in [-0.2, 0) is 11.3 Å². The smallest absolute Gasteiger partial charge is 0.287 e. The summed E-state index contributed by atoms with van der Waals surface area (Å²) >= 11 is 0. The van der Waals surface area contributed by atoms with E-state index in [0.717, 1.165) is 27.8 Å². The van der Waals surface area contributed by atoms with Gasteiger partial charge in [-0.2, -0.15) is 5.26 Å². The molecule has 0 bridgehead atoms. The fraction of sp³-hybridized carbons (Fsp3) is 0.0769. The molecule has 7 nitrogen and oxygen atoms in total. The molecule has 0 fully saturated rings. The quantitative estimate of drug-likeness (QED) is 0.464. The highest BCUT2D eigenvalue weighted by molar-refractivity contribution is 5.93. The van der Waals surface area contributed by atoms with E-state index in [4.69, 9.17) is 0 Å². The molecule has 0 aliphatic rings. The molecule has 3 aromatic carbocycles. The first-order valence-corrected chi connectivity index (χ1v) is 10.3. The lowest BCUT2D eigenvalue weighted by atomic mass is 9.94. The number of hydrogen-bond acceptors (Lipinski definition) is 4. The molecule has 1 aromatic heterocycles. The molecule has 4 aromatic rings. The summed E-state index contributed by atoms with van der Waals surface area (Å²) in [6, 6.07) is 26.0. The van der Waals surface area contributed by atoms with E-state index < -0.39 is 5.91 Å². The molecule has 0 unspecified atom stereocenters. The van der Waals surface area contributed by atoms with Crippen LogP contribution >= 0.6 is 0 Å². The number of nitrogens with zero attached hydrogens (tertiary/aromatic N) is 3. The fourth-order valence-electron chi connectivity index (χ4n) is 3.52. The highest BCUT2D eigenvalue weighted by Crippen LogP contribution is 2.29. The molecule has 7 heteroatoms. The monoisotopic (exact) mass is 435 g/mol. The van der Waals surface area contributed by atoms with E-state index in [1.807, 2.05) is 72.8 Å². The van der Waals surface area contributed by atoms with Gasteiger partial charge in [-0.25, -0.2) is 4.98 Å². The summed E-state index contributed by atoms with van der Waals surface area (Å²) < 4.78 is 1.70. The molecule has 1 heterocycles. The van der Waals surface area contributed by atoms with Crippen LogP contribution in [0, 0.1) is 11.3 Å². The molecule has 4 rings (SSSR count). The van der Waals surface area contributed by atoms with Gasteiger partial charge in [-0.3, -0.25) is 20.4 Å². The lowest BCUT2D eigenvalue weighted by Crippen LogP contribution is -2.41. The van der Waals surface area contributed by atoms with Crippen molar-refractivity contribution in [1.82, 2.24) is 20.4 Å². The Morgan fingerprint density at radius 3 is 2.36 bits per heavy atom. The highest BCUT2D eigenvalue weighted by atomic mass is 16.2. The van der Waals surface area contributed by atoms with Crippen LogP contribution in [0.15, 0.2) is 85.3 Å². The average molecular weight is 435 g/mol. The number of rotatable bonds is 5. The third-order valence-corrected chi connectivity index (χ3v) is 5.16. The first-order valence-electron chi connectivity index (χ1n) is 10.3. The van der Waals surface area contributed by atoms with Gasteiger partial charge in [0.25, 0.3) is 5.91 Å². The third kappa shape index (κ3) is 4.97. The second-order valence-electron chi connectivity index (χ2n) is 7.48. The minimum atomic E-state index is -0.448. The maximum atomic E-state index is 12.3. The van der Waals surface area contributed by atoms with Gasteiger partial charge < -0.3 is 4.57 Å². The first-order chi connectivity index (χ1) is 16.0. The Morgan fingerprint density at radius 2 is 1.67 bits per heavy atom. The summed E-state index contributed by atoms with van der Waals surface area (Å²) in [5.74, 6) is -0.811. The molecule has 0 spiro atoms. The number of benzene rings is 3. The average Bonchev–Trinajstić information content (AvgIpc) is 3.31. The van der Waals surface area contributed by atoms with Crippen molar-refractivity contribution in [2.75, 3.05) is 0 Å². The van der Waals surface area contributed by atoms with E-state index in [1.165, 1.54) is 13.1 Å². The predicted molar refractivity (Wildman–Crippen MR) is 125 cm³/mol. The van der Waals surface area contributed by atoms with Gasteiger partial charge in [0.2, 0.25) is 5.91 Å². The highest BCUT2D eigenvalue weighted by Gasteiger charge is 2.13. The van der Waals surface area contributed by atoms with E-state index in [0.29, 0.717) is 17.8 Å². The van der Waals surface area contributed by atoms with Crippen LogP contribution in [0.25, 0.3) is 22.3 Å². The number of aromatic nitrogens is 2. The zero-order chi connectivity index (χ0) is 23.2. The lowest BCUT2D eigenvalue weighted by Gasteiger charge is -2.11. The molecule has 162 valence electrons. The molecule has 0 radical (unpaired) electrons. The van der Waals surface area contributed by atoms with E-state index in [1.54, 1.807) is 10.9 Å². The molecule has 0 aliphatic heterocycles. The molecule has 2 N–H and O–H groups in total. The summed E-state index contributed by atoms with van der Waals surface area (Å²) in [7, 11) is 0. The van der Waals surface area contributed by atoms with Crippen LogP contribution in [0.1, 0.15) is 28.5 Å².